The lowest BCUT2D eigenvalue weighted by Crippen LogP contribution is -2.14. The molecule has 0 aliphatic heterocycles. The molecule has 0 atom stereocenters. The van der Waals surface area contributed by atoms with Gasteiger partial charge in [-0.05, 0) is 31.5 Å². The fraction of sp³-hybridized carbons (Fsp3) is 0.238. The summed E-state index contributed by atoms with van der Waals surface area (Å²) in [6.45, 7) is 4.46. The summed E-state index contributed by atoms with van der Waals surface area (Å²) in [7, 11) is 0. The van der Waals surface area contributed by atoms with Gasteiger partial charge in [-0.3, -0.25) is 14.2 Å². The van der Waals surface area contributed by atoms with Crippen molar-refractivity contribution in [2.75, 3.05) is 0 Å². The van der Waals surface area contributed by atoms with Crippen LogP contribution in [-0.2, 0) is 11.2 Å². The van der Waals surface area contributed by atoms with Crippen molar-refractivity contribution in [3.8, 4) is 11.5 Å². The van der Waals surface area contributed by atoms with Crippen LogP contribution in [0.2, 0.25) is 0 Å². The number of carbonyl (C=O) groups excluding carboxylic acids is 2. The van der Waals surface area contributed by atoms with Gasteiger partial charge in [-0.2, -0.15) is 0 Å². The topological polar surface area (TPSA) is 68.5 Å². The molecule has 0 spiro atoms. The third kappa shape index (κ3) is 3.46. The quantitative estimate of drug-likeness (QED) is 0.642. The van der Waals surface area contributed by atoms with Crippen LogP contribution in [0.15, 0.2) is 24.3 Å². The van der Waals surface area contributed by atoms with E-state index in [2.05, 4.69) is 0 Å². The second-order valence-corrected chi connectivity index (χ2v) is 6.61. The number of esters is 1. The van der Waals surface area contributed by atoms with Crippen LogP contribution in [0.3, 0.4) is 0 Å². The average molecular weight is 405 g/mol. The van der Waals surface area contributed by atoms with Gasteiger partial charge in [0.25, 0.3) is 5.91 Å². The van der Waals surface area contributed by atoms with Crippen molar-refractivity contribution >= 4 is 22.8 Å². The normalized spacial score (nSPS) is 11.1. The molecule has 1 aromatic heterocycles. The highest BCUT2D eigenvalue weighted by Crippen LogP contribution is 2.41. The zero-order valence-electron chi connectivity index (χ0n) is 16.0. The van der Waals surface area contributed by atoms with Crippen molar-refractivity contribution in [1.29, 1.82) is 0 Å². The number of halogens is 3. The Morgan fingerprint density at radius 2 is 1.79 bits per heavy atom. The van der Waals surface area contributed by atoms with E-state index in [0.717, 1.165) is 28.8 Å². The Kier molecular flexibility index (Phi) is 5.37. The molecule has 0 aliphatic carbocycles. The van der Waals surface area contributed by atoms with Gasteiger partial charge in [0.15, 0.2) is 29.0 Å². The molecule has 3 aromatic rings. The third-order valence-corrected chi connectivity index (χ3v) is 4.58. The van der Waals surface area contributed by atoms with Crippen molar-refractivity contribution in [2.24, 2.45) is 0 Å². The van der Waals surface area contributed by atoms with Crippen LogP contribution in [0.5, 0.6) is 11.5 Å². The molecule has 0 amide bonds. The van der Waals surface area contributed by atoms with Gasteiger partial charge in [-0.1, -0.05) is 13.3 Å². The third-order valence-electron chi connectivity index (χ3n) is 4.58. The summed E-state index contributed by atoms with van der Waals surface area (Å²) in [5.74, 6) is -5.30. The lowest BCUT2D eigenvalue weighted by Gasteiger charge is -2.10. The Balaban J connectivity index is 2.37. The van der Waals surface area contributed by atoms with Gasteiger partial charge in [0.2, 0.25) is 0 Å². The maximum absolute atomic E-state index is 14.4. The molecule has 0 saturated heterocycles. The minimum absolute atomic E-state index is 0.00202. The Morgan fingerprint density at radius 3 is 2.38 bits per heavy atom. The second-order valence-electron chi connectivity index (χ2n) is 6.61. The fourth-order valence-corrected chi connectivity index (χ4v) is 3.35. The zero-order chi connectivity index (χ0) is 21.5. The first-order valence-electron chi connectivity index (χ1n) is 8.90. The molecule has 1 heterocycles. The fourth-order valence-electron chi connectivity index (χ4n) is 3.35. The highest BCUT2D eigenvalue weighted by molar-refractivity contribution is 6.07. The summed E-state index contributed by atoms with van der Waals surface area (Å²) < 4.78 is 47.6. The number of benzene rings is 2. The minimum Gasteiger partial charge on any atom is -0.505 e. The minimum atomic E-state index is -1.21. The first-order valence-corrected chi connectivity index (χ1v) is 8.90. The number of phenolic OH excluding ortho intramolecular Hbond substituents is 1. The molecule has 0 radical (unpaired) electrons. The standard InChI is InChI=1S/C21H18F3NO4/c1-4-5-13-18-17(9-16(24)19(13)27)25(10(2)20(18)29-11(3)26)21(28)12-6-7-14(22)15(23)8-12/h6-9,27H,4-5H2,1-3H3. The number of hydrogen-bond donors (Lipinski definition) is 1. The van der Waals surface area contributed by atoms with E-state index in [1.54, 1.807) is 0 Å². The summed E-state index contributed by atoms with van der Waals surface area (Å²) in [6, 6.07) is 3.59. The van der Waals surface area contributed by atoms with E-state index in [-0.39, 0.29) is 39.9 Å². The van der Waals surface area contributed by atoms with E-state index in [4.69, 9.17) is 4.74 Å². The number of aromatic hydroxyl groups is 1. The van der Waals surface area contributed by atoms with E-state index in [1.165, 1.54) is 13.8 Å². The van der Waals surface area contributed by atoms with Crippen molar-refractivity contribution in [3.05, 3.63) is 58.5 Å². The number of nitrogens with zero attached hydrogens (tertiary/aromatic N) is 1. The molecule has 0 saturated carbocycles. The van der Waals surface area contributed by atoms with Crippen molar-refractivity contribution in [1.82, 2.24) is 4.57 Å². The van der Waals surface area contributed by atoms with E-state index in [9.17, 15) is 27.9 Å². The first-order chi connectivity index (χ1) is 13.7. The molecule has 0 unspecified atom stereocenters. The molecule has 152 valence electrons. The van der Waals surface area contributed by atoms with Gasteiger partial charge in [0.05, 0.1) is 16.6 Å². The molecular formula is C21H18F3NO4. The van der Waals surface area contributed by atoms with Crippen molar-refractivity contribution in [3.63, 3.8) is 0 Å². The number of ether oxygens (including phenoxy) is 1. The van der Waals surface area contributed by atoms with Gasteiger partial charge in [-0.15, -0.1) is 0 Å². The van der Waals surface area contributed by atoms with Crippen molar-refractivity contribution in [2.45, 2.75) is 33.6 Å². The smallest absolute Gasteiger partial charge is 0.308 e. The molecule has 5 nitrogen and oxygen atoms in total. The molecule has 29 heavy (non-hydrogen) atoms. The number of phenols is 1. The molecule has 1 N–H and O–H groups in total. The van der Waals surface area contributed by atoms with Gasteiger partial charge in [-0.25, -0.2) is 13.2 Å². The largest absolute Gasteiger partial charge is 0.505 e. The lowest BCUT2D eigenvalue weighted by molar-refractivity contribution is -0.131. The molecular weight excluding hydrogens is 387 g/mol. The second kappa shape index (κ2) is 7.62. The summed E-state index contributed by atoms with van der Waals surface area (Å²) in [5, 5.41) is 10.4. The van der Waals surface area contributed by atoms with Crippen LogP contribution in [-0.4, -0.2) is 21.6 Å². The summed E-state index contributed by atoms with van der Waals surface area (Å²) >= 11 is 0. The van der Waals surface area contributed by atoms with E-state index >= 15 is 0 Å². The average Bonchev–Trinajstić information content (AvgIpc) is 2.91. The van der Waals surface area contributed by atoms with Gasteiger partial charge >= 0.3 is 5.97 Å². The Hall–Kier alpha value is -3.29. The maximum atomic E-state index is 14.4. The Morgan fingerprint density at radius 1 is 1.10 bits per heavy atom. The highest BCUT2D eigenvalue weighted by Gasteiger charge is 2.27. The van der Waals surface area contributed by atoms with Crippen LogP contribution < -0.4 is 4.74 Å². The van der Waals surface area contributed by atoms with Crippen LogP contribution in [0.4, 0.5) is 13.2 Å². The van der Waals surface area contributed by atoms with Crippen molar-refractivity contribution < 1.29 is 32.6 Å². The van der Waals surface area contributed by atoms with Gasteiger partial charge in [0, 0.05) is 24.1 Å². The van der Waals surface area contributed by atoms with Crippen LogP contribution in [0.25, 0.3) is 10.9 Å². The highest BCUT2D eigenvalue weighted by atomic mass is 19.2. The summed E-state index contributed by atoms with van der Waals surface area (Å²) in [4.78, 5) is 24.7. The van der Waals surface area contributed by atoms with Gasteiger partial charge < -0.3 is 9.84 Å². The molecule has 0 aliphatic rings. The van der Waals surface area contributed by atoms with E-state index in [1.807, 2.05) is 6.92 Å². The van der Waals surface area contributed by atoms with E-state index in [0.29, 0.717) is 6.42 Å². The lowest BCUT2D eigenvalue weighted by atomic mass is 10.0. The number of carbonyl (C=O) groups is 2. The number of fused-ring (bicyclic) bond motifs is 1. The first kappa shape index (κ1) is 20.4. The number of aryl methyl sites for hydroxylation is 1. The number of aromatic nitrogens is 1. The molecule has 0 fully saturated rings. The number of rotatable bonds is 4. The van der Waals surface area contributed by atoms with Crippen LogP contribution in [0, 0.1) is 24.4 Å². The SMILES string of the molecule is CCCc1c(O)c(F)cc2c1c(OC(C)=O)c(C)n2C(=O)c1ccc(F)c(F)c1. The van der Waals surface area contributed by atoms with E-state index < -0.39 is 35.1 Å². The Labute approximate surface area is 164 Å². The molecule has 2 aromatic carbocycles. The molecule has 8 heteroatoms. The summed E-state index contributed by atoms with van der Waals surface area (Å²) in [6.07, 6.45) is 0.810. The van der Waals surface area contributed by atoms with Gasteiger partial charge in [0.1, 0.15) is 0 Å². The Bertz CT molecular complexity index is 1150. The monoisotopic (exact) mass is 405 g/mol. The predicted octanol–water partition coefficient (Wildman–Crippen LogP) is 4.64. The van der Waals surface area contributed by atoms with Crippen LogP contribution >= 0.6 is 0 Å². The maximum Gasteiger partial charge on any atom is 0.308 e. The zero-order valence-corrected chi connectivity index (χ0v) is 16.0. The summed E-state index contributed by atoms with van der Waals surface area (Å²) in [5.41, 5.74) is 0.224. The molecule has 3 rings (SSSR count). The predicted molar refractivity (Wildman–Crippen MR) is 99.7 cm³/mol. The molecule has 0 bridgehead atoms. The number of hydrogen-bond acceptors (Lipinski definition) is 4. The van der Waals surface area contributed by atoms with Crippen LogP contribution in [0.1, 0.15) is 41.9 Å².